The quantitative estimate of drug-likeness (QED) is 0.161. The lowest BCUT2D eigenvalue weighted by Crippen LogP contribution is -2.61. The van der Waals surface area contributed by atoms with E-state index in [1.54, 1.807) is 0 Å². The summed E-state index contributed by atoms with van der Waals surface area (Å²) in [5.41, 5.74) is 16.4. The summed E-state index contributed by atoms with van der Waals surface area (Å²) in [6.07, 6.45) is -1.69. The Labute approximate surface area is 376 Å². The van der Waals surface area contributed by atoms with Crippen LogP contribution < -0.4 is 26.2 Å². The molecule has 0 saturated carbocycles. The SMILES string of the molecule is [2H]C([2H])(c1cc2c3c(c1)N(c1ccccc1)c1cc(-n4c5ccccc5c5ccccc54)ccc1B3c1ccc(-n3c4ccccc4c4ccccc43)cc1N2c1ccccc1)C(C)(C)C. The van der Waals surface area contributed by atoms with Gasteiger partial charge in [-0.05, 0) is 119 Å². The fourth-order valence-electron chi connectivity index (χ4n) is 10.9. The molecule has 0 spiro atoms. The lowest BCUT2D eigenvalue weighted by Gasteiger charge is -2.45. The Bertz CT molecular complexity index is 3420. The summed E-state index contributed by atoms with van der Waals surface area (Å²) >= 11 is 0. The summed E-state index contributed by atoms with van der Waals surface area (Å²) in [5.74, 6) is 0. The number of hydrogen-bond donors (Lipinski definition) is 0. The Hall–Kier alpha value is -7.76. The van der Waals surface area contributed by atoms with Gasteiger partial charge in [-0.15, -0.1) is 0 Å². The molecule has 0 N–H and O–H groups in total. The van der Waals surface area contributed by atoms with Crippen molar-refractivity contribution in [2.75, 3.05) is 9.80 Å². The van der Waals surface area contributed by atoms with Crippen LogP contribution in [-0.2, 0) is 6.37 Å². The molecule has 0 unspecified atom stereocenters. The minimum absolute atomic E-state index is 0.158. The maximum absolute atomic E-state index is 9.89. The zero-order valence-electron chi connectivity index (χ0n) is 38.0. The van der Waals surface area contributed by atoms with Gasteiger partial charge in [0.15, 0.2) is 0 Å². The Morgan fingerprint density at radius 2 is 0.750 bits per heavy atom. The molecule has 304 valence electrons. The standard InChI is InChI=1S/C59H45BN4/c1-59(2,3)38-39-34-56-58-57(35-39)62(41-20-8-5-9-21-41)55-37-43(64-52-28-16-12-24-46(52)47-25-13-17-29-53(47)64)31-33-49(55)60(58)48-32-30-42(36-54(48)61(56)40-18-6-4-7-19-40)63-50-26-14-10-22-44(50)45-23-11-15-27-51(45)63/h4-37H,38H2,1-3H3/i38D2. The first-order valence-corrected chi connectivity index (χ1v) is 22.3. The maximum Gasteiger partial charge on any atom is 0.252 e. The number of rotatable bonds is 5. The van der Waals surface area contributed by atoms with Gasteiger partial charge in [0.05, 0.1) is 22.1 Å². The summed E-state index contributed by atoms with van der Waals surface area (Å²) in [7, 11) is 0. The predicted octanol–water partition coefficient (Wildman–Crippen LogP) is 13.6. The third kappa shape index (κ3) is 5.50. The van der Waals surface area contributed by atoms with Crippen LogP contribution in [0.5, 0.6) is 0 Å². The lowest BCUT2D eigenvalue weighted by atomic mass is 9.33. The molecule has 0 saturated heterocycles. The van der Waals surface area contributed by atoms with E-state index in [1.807, 2.05) is 20.8 Å². The lowest BCUT2D eigenvalue weighted by molar-refractivity contribution is 0.411. The topological polar surface area (TPSA) is 16.3 Å². The largest absolute Gasteiger partial charge is 0.311 e. The first-order valence-electron chi connectivity index (χ1n) is 23.3. The number of para-hydroxylation sites is 6. The van der Waals surface area contributed by atoms with Crippen molar-refractivity contribution >= 4 is 101 Å². The second-order valence-corrected chi connectivity index (χ2v) is 18.3. The van der Waals surface area contributed by atoms with Crippen LogP contribution in [0.25, 0.3) is 55.0 Å². The highest BCUT2D eigenvalue weighted by Crippen LogP contribution is 2.47. The van der Waals surface area contributed by atoms with Crippen LogP contribution >= 0.6 is 0 Å². The number of benzene rings is 9. The molecule has 0 atom stereocenters. The Morgan fingerprint density at radius 3 is 1.12 bits per heavy atom. The third-order valence-electron chi connectivity index (χ3n) is 13.3. The van der Waals surface area contributed by atoms with E-state index in [0.29, 0.717) is 5.56 Å². The number of anilines is 6. The van der Waals surface area contributed by atoms with Gasteiger partial charge in [-0.25, -0.2) is 0 Å². The van der Waals surface area contributed by atoms with E-state index in [4.69, 9.17) is 0 Å². The van der Waals surface area contributed by atoms with Gasteiger partial charge in [0.25, 0.3) is 6.71 Å². The molecule has 2 aromatic heterocycles. The van der Waals surface area contributed by atoms with Crippen molar-refractivity contribution in [1.29, 1.82) is 0 Å². The van der Waals surface area contributed by atoms with Gasteiger partial charge in [-0.3, -0.25) is 0 Å². The summed E-state index contributed by atoms with van der Waals surface area (Å²) in [6.45, 7) is 5.86. The molecule has 64 heavy (non-hydrogen) atoms. The highest BCUT2D eigenvalue weighted by molar-refractivity contribution is 7.00. The van der Waals surface area contributed by atoms with E-state index in [0.717, 1.165) is 73.0 Å². The monoisotopic (exact) mass is 822 g/mol. The maximum atomic E-state index is 9.89. The average Bonchev–Trinajstić information content (AvgIpc) is 3.87. The molecule has 11 aromatic rings. The summed E-state index contributed by atoms with van der Waals surface area (Å²) in [6, 6.07) is 74.3. The fraction of sp³-hybridized carbons (Fsp3) is 0.0847. The van der Waals surface area contributed by atoms with Crippen LogP contribution in [0.3, 0.4) is 0 Å². The van der Waals surface area contributed by atoms with Crippen molar-refractivity contribution in [1.82, 2.24) is 9.13 Å². The van der Waals surface area contributed by atoms with E-state index in [-0.39, 0.29) is 6.71 Å². The molecule has 13 rings (SSSR count). The molecule has 5 heteroatoms. The molecule has 0 fully saturated rings. The molecule has 0 amide bonds. The fourth-order valence-corrected chi connectivity index (χ4v) is 10.9. The van der Waals surface area contributed by atoms with Crippen molar-refractivity contribution in [3.63, 3.8) is 0 Å². The van der Waals surface area contributed by atoms with Crippen LogP contribution in [0.15, 0.2) is 206 Å². The van der Waals surface area contributed by atoms with Crippen LogP contribution in [0.2, 0.25) is 0 Å². The third-order valence-corrected chi connectivity index (χ3v) is 13.3. The molecule has 2 aliphatic rings. The van der Waals surface area contributed by atoms with Gasteiger partial charge in [-0.2, -0.15) is 0 Å². The summed E-state index contributed by atoms with van der Waals surface area (Å²) in [4.78, 5) is 4.79. The molecular formula is C59H45BN4. The van der Waals surface area contributed by atoms with Gasteiger partial charge < -0.3 is 18.9 Å². The van der Waals surface area contributed by atoms with E-state index >= 15 is 0 Å². The molecule has 0 bridgehead atoms. The van der Waals surface area contributed by atoms with Gasteiger partial charge in [0, 0.05) is 69.8 Å². The molecule has 2 aliphatic heterocycles. The first kappa shape index (κ1) is 34.8. The van der Waals surface area contributed by atoms with Gasteiger partial charge in [0.1, 0.15) is 0 Å². The van der Waals surface area contributed by atoms with Crippen molar-refractivity contribution in [2.24, 2.45) is 5.41 Å². The van der Waals surface area contributed by atoms with Crippen molar-refractivity contribution in [3.8, 4) is 11.4 Å². The summed E-state index contributed by atoms with van der Waals surface area (Å²) in [5, 5.41) is 4.87. The zero-order chi connectivity index (χ0) is 44.5. The Balaban J connectivity index is 1.14. The average molecular weight is 823 g/mol. The first-order chi connectivity index (χ1) is 32.2. The second-order valence-electron chi connectivity index (χ2n) is 18.3. The van der Waals surface area contributed by atoms with E-state index < -0.39 is 11.8 Å². The van der Waals surface area contributed by atoms with E-state index in [1.165, 1.54) is 32.5 Å². The molecule has 9 aromatic carbocycles. The second kappa shape index (κ2) is 13.9. The number of nitrogens with zero attached hydrogens (tertiary/aromatic N) is 4. The molecular weight excluding hydrogens is 775 g/mol. The number of aromatic nitrogens is 2. The van der Waals surface area contributed by atoms with E-state index in [9.17, 15) is 2.74 Å². The minimum Gasteiger partial charge on any atom is -0.311 e. The van der Waals surface area contributed by atoms with Crippen LogP contribution in [0, 0.1) is 5.41 Å². The summed E-state index contributed by atoms with van der Waals surface area (Å²) < 4.78 is 24.6. The van der Waals surface area contributed by atoms with Crippen LogP contribution in [0.1, 0.15) is 29.1 Å². The van der Waals surface area contributed by atoms with Gasteiger partial charge >= 0.3 is 0 Å². The zero-order valence-corrected chi connectivity index (χ0v) is 36.0. The highest BCUT2D eigenvalue weighted by atomic mass is 15.2. The van der Waals surface area contributed by atoms with Crippen molar-refractivity contribution in [2.45, 2.75) is 27.1 Å². The molecule has 4 heterocycles. The number of fused-ring (bicyclic) bond motifs is 10. The highest BCUT2D eigenvalue weighted by Gasteiger charge is 2.44. The minimum atomic E-state index is -1.69. The van der Waals surface area contributed by atoms with Gasteiger partial charge in [0.2, 0.25) is 0 Å². The smallest absolute Gasteiger partial charge is 0.252 e. The number of hydrogen-bond acceptors (Lipinski definition) is 2. The Morgan fingerprint density at radius 1 is 0.391 bits per heavy atom. The Kier molecular flexibility index (Phi) is 7.54. The predicted molar refractivity (Wildman–Crippen MR) is 272 cm³/mol. The molecule has 0 aliphatic carbocycles. The van der Waals surface area contributed by atoms with Crippen LogP contribution in [0.4, 0.5) is 34.1 Å². The van der Waals surface area contributed by atoms with E-state index in [2.05, 4.69) is 225 Å². The molecule has 4 nitrogen and oxygen atoms in total. The molecule has 0 radical (unpaired) electrons. The van der Waals surface area contributed by atoms with Gasteiger partial charge in [-0.1, -0.05) is 142 Å². The normalized spacial score (nSPS) is 13.9. The van der Waals surface area contributed by atoms with Crippen molar-refractivity contribution in [3.05, 3.63) is 212 Å². The van der Waals surface area contributed by atoms with Crippen molar-refractivity contribution < 1.29 is 2.74 Å². The van der Waals surface area contributed by atoms with Crippen LogP contribution in [-0.4, -0.2) is 15.8 Å².